The second-order valence-electron chi connectivity index (χ2n) is 13.1. The minimum Gasteiger partial charge on any atom is -0.493 e. The highest BCUT2D eigenvalue weighted by atomic mass is 19.4. The van der Waals surface area contributed by atoms with Gasteiger partial charge in [0.15, 0.2) is 11.5 Å². The molecule has 4 aromatic rings. The van der Waals surface area contributed by atoms with Crippen LogP contribution in [0.5, 0.6) is 17.2 Å². The van der Waals surface area contributed by atoms with Crippen LogP contribution in [0.25, 0.3) is 11.0 Å². The van der Waals surface area contributed by atoms with Crippen LogP contribution in [-0.4, -0.2) is 117 Å². The number of imidazole rings is 1. The summed E-state index contributed by atoms with van der Waals surface area (Å²) in [6, 6.07) is 15.1. The summed E-state index contributed by atoms with van der Waals surface area (Å²) >= 11 is 0. The van der Waals surface area contributed by atoms with Crippen molar-refractivity contribution in [2.45, 2.75) is 37.4 Å². The van der Waals surface area contributed by atoms with E-state index in [0.717, 1.165) is 74.5 Å². The average Bonchev–Trinajstić information content (AvgIpc) is 3.66. The quantitative estimate of drug-likeness (QED) is 0.169. The molecule has 2 aliphatic rings. The van der Waals surface area contributed by atoms with Crippen molar-refractivity contribution in [1.29, 1.82) is 0 Å². The summed E-state index contributed by atoms with van der Waals surface area (Å²) in [6.45, 7) is 4.09. The fraction of sp³-hybridized carbons (Fsp3) is 0.486. The molecule has 11 nitrogen and oxygen atoms in total. The van der Waals surface area contributed by atoms with Crippen LogP contribution in [0.1, 0.15) is 35.2 Å². The van der Waals surface area contributed by atoms with Gasteiger partial charge in [0.1, 0.15) is 6.61 Å². The SMILES string of the molecule is COc1cc(C(=O)N2CCC(CCN3CCCN(c4nc5ccccc5n4CCOCC(F)(F)F)CC3)(c3cccnc3)C2)cc(OC)c1OC. The van der Waals surface area contributed by atoms with E-state index in [4.69, 9.17) is 23.9 Å². The smallest absolute Gasteiger partial charge is 0.411 e. The molecule has 0 saturated carbocycles. The zero-order valence-electron chi connectivity index (χ0n) is 29.3. The van der Waals surface area contributed by atoms with Gasteiger partial charge in [-0.15, -0.1) is 0 Å². The minimum atomic E-state index is -4.37. The number of hydrogen-bond donors (Lipinski definition) is 0. The van der Waals surface area contributed by atoms with Crippen molar-refractivity contribution in [1.82, 2.24) is 24.3 Å². The van der Waals surface area contributed by atoms with Crippen LogP contribution in [0.15, 0.2) is 60.9 Å². The van der Waals surface area contributed by atoms with Crippen molar-refractivity contribution >= 4 is 22.9 Å². The number of alkyl halides is 3. The Balaban J connectivity index is 1.15. The average molecular weight is 711 g/mol. The lowest BCUT2D eigenvalue weighted by atomic mass is 9.77. The largest absolute Gasteiger partial charge is 0.493 e. The normalized spacial score (nSPS) is 18.6. The number of methoxy groups -OCH3 is 3. The predicted molar refractivity (Wildman–Crippen MR) is 187 cm³/mol. The summed E-state index contributed by atoms with van der Waals surface area (Å²) in [4.78, 5) is 29.9. The van der Waals surface area contributed by atoms with Gasteiger partial charge >= 0.3 is 6.18 Å². The van der Waals surface area contributed by atoms with Crippen LogP contribution in [-0.2, 0) is 16.7 Å². The van der Waals surface area contributed by atoms with Crippen molar-refractivity contribution in [2.75, 3.05) is 85.3 Å². The Morgan fingerprint density at radius 2 is 1.71 bits per heavy atom. The molecular formula is C37H45F3N6O5. The van der Waals surface area contributed by atoms with E-state index in [9.17, 15) is 18.0 Å². The molecule has 0 N–H and O–H groups in total. The lowest BCUT2D eigenvalue weighted by Gasteiger charge is -2.32. The maximum atomic E-state index is 13.9. The van der Waals surface area contributed by atoms with E-state index in [-0.39, 0.29) is 24.5 Å². The van der Waals surface area contributed by atoms with Gasteiger partial charge in [0, 0.05) is 62.6 Å². The Morgan fingerprint density at radius 3 is 2.41 bits per heavy atom. The molecule has 0 bridgehead atoms. The third-order valence-electron chi connectivity index (χ3n) is 9.96. The standard InChI is InChI=1S/C37H45F3N6O5/c1-48-31-22-27(23-32(49-2)33(31)50-3)34(47)45-17-12-36(25-45,28-8-6-13-41-24-28)11-16-43-14-7-15-44(19-18-43)35-42-29-9-4-5-10-30(29)46(35)20-21-51-26-37(38,39)40/h4-6,8-10,13,22-24H,7,11-12,14-21,25-26H2,1-3H3. The molecular weight excluding hydrogens is 665 g/mol. The van der Waals surface area contributed by atoms with Gasteiger partial charge in [0.05, 0.1) is 39.0 Å². The molecule has 0 spiro atoms. The first-order valence-electron chi connectivity index (χ1n) is 17.2. The first kappa shape index (κ1) is 36.2. The third-order valence-corrected chi connectivity index (χ3v) is 9.96. The number of anilines is 1. The van der Waals surface area contributed by atoms with Crippen molar-refractivity contribution in [3.05, 3.63) is 72.1 Å². The summed E-state index contributed by atoms with van der Waals surface area (Å²) in [7, 11) is 4.60. The highest BCUT2D eigenvalue weighted by molar-refractivity contribution is 5.96. The summed E-state index contributed by atoms with van der Waals surface area (Å²) in [5.41, 5.74) is 2.98. The molecule has 2 aromatic carbocycles. The second kappa shape index (κ2) is 15.8. The molecule has 274 valence electrons. The van der Waals surface area contributed by atoms with Crippen LogP contribution >= 0.6 is 0 Å². The van der Waals surface area contributed by atoms with Gasteiger partial charge in [-0.3, -0.25) is 9.78 Å². The zero-order valence-corrected chi connectivity index (χ0v) is 29.3. The number of halogens is 3. The number of hydrogen-bond acceptors (Lipinski definition) is 9. The highest BCUT2D eigenvalue weighted by Crippen LogP contribution is 2.41. The van der Waals surface area contributed by atoms with Gasteiger partial charge < -0.3 is 38.2 Å². The van der Waals surface area contributed by atoms with E-state index in [1.54, 1.807) is 18.3 Å². The number of ether oxygens (including phenoxy) is 4. The Hall–Kier alpha value is -4.56. The maximum absolute atomic E-state index is 13.9. The van der Waals surface area contributed by atoms with Crippen LogP contribution in [0.2, 0.25) is 0 Å². The minimum absolute atomic E-state index is 0.0671. The number of carbonyl (C=O) groups is 1. The number of benzene rings is 2. The van der Waals surface area contributed by atoms with Crippen LogP contribution in [0.3, 0.4) is 0 Å². The van der Waals surface area contributed by atoms with Gasteiger partial charge in [0.25, 0.3) is 5.91 Å². The van der Waals surface area contributed by atoms with Crippen molar-refractivity contribution < 1.29 is 36.9 Å². The lowest BCUT2D eigenvalue weighted by Crippen LogP contribution is -2.39. The number of amides is 1. The first-order chi connectivity index (χ1) is 24.6. The number of carbonyl (C=O) groups excluding carboxylic acids is 1. The fourth-order valence-corrected chi connectivity index (χ4v) is 7.33. The van der Waals surface area contributed by atoms with Crippen LogP contribution < -0.4 is 19.1 Å². The monoisotopic (exact) mass is 710 g/mol. The van der Waals surface area contributed by atoms with Gasteiger partial charge in [-0.25, -0.2) is 4.98 Å². The van der Waals surface area contributed by atoms with E-state index < -0.39 is 12.8 Å². The molecule has 4 heterocycles. The molecule has 2 aliphatic heterocycles. The number of pyridine rings is 1. The Labute approximate surface area is 295 Å². The van der Waals surface area contributed by atoms with Gasteiger partial charge in [-0.05, 0) is 68.2 Å². The highest BCUT2D eigenvalue weighted by Gasteiger charge is 2.42. The molecule has 6 rings (SSSR count). The molecule has 51 heavy (non-hydrogen) atoms. The van der Waals surface area contributed by atoms with Crippen molar-refractivity contribution in [3.63, 3.8) is 0 Å². The van der Waals surface area contributed by atoms with Crippen molar-refractivity contribution in [3.8, 4) is 17.2 Å². The number of fused-ring (bicyclic) bond motifs is 1. The Bertz CT molecular complexity index is 1760. The van der Waals surface area contributed by atoms with E-state index in [1.165, 1.54) is 21.3 Å². The summed E-state index contributed by atoms with van der Waals surface area (Å²) in [5.74, 6) is 1.94. The third kappa shape index (κ3) is 8.17. The second-order valence-corrected chi connectivity index (χ2v) is 13.1. The molecule has 0 radical (unpaired) electrons. The molecule has 1 atom stereocenters. The Morgan fingerprint density at radius 1 is 0.922 bits per heavy atom. The predicted octanol–water partition coefficient (Wildman–Crippen LogP) is 5.42. The van der Waals surface area contributed by atoms with Crippen LogP contribution in [0.4, 0.5) is 19.1 Å². The molecule has 2 fully saturated rings. The number of aromatic nitrogens is 3. The van der Waals surface area contributed by atoms with E-state index in [2.05, 4.69) is 20.9 Å². The number of likely N-dealkylation sites (tertiary alicyclic amines) is 1. The van der Waals surface area contributed by atoms with Gasteiger partial charge in [-0.2, -0.15) is 13.2 Å². The Kier molecular flexibility index (Phi) is 11.2. The number of para-hydroxylation sites is 2. The zero-order chi connectivity index (χ0) is 36.0. The molecule has 1 unspecified atom stereocenters. The summed E-state index contributed by atoms with van der Waals surface area (Å²) in [6.07, 6.45) is 1.86. The van der Waals surface area contributed by atoms with Gasteiger partial charge in [0.2, 0.25) is 11.7 Å². The maximum Gasteiger partial charge on any atom is 0.411 e. The van der Waals surface area contributed by atoms with Crippen molar-refractivity contribution in [2.24, 2.45) is 0 Å². The topological polar surface area (TPSA) is 94.4 Å². The number of nitrogens with zero attached hydrogens (tertiary/aromatic N) is 6. The molecule has 14 heteroatoms. The molecule has 1 amide bonds. The summed E-state index contributed by atoms with van der Waals surface area (Å²) in [5, 5.41) is 0. The lowest BCUT2D eigenvalue weighted by molar-refractivity contribution is -0.174. The first-order valence-corrected chi connectivity index (χ1v) is 17.2. The van der Waals surface area contributed by atoms with Gasteiger partial charge in [-0.1, -0.05) is 18.2 Å². The summed E-state index contributed by atoms with van der Waals surface area (Å²) < 4.78 is 61.6. The van der Waals surface area contributed by atoms with E-state index in [1.807, 2.05) is 46.0 Å². The number of rotatable bonds is 13. The molecule has 2 saturated heterocycles. The van der Waals surface area contributed by atoms with Crippen LogP contribution in [0, 0.1) is 0 Å². The van der Waals surface area contributed by atoms with E-state index in [0.29, 0.717) is 35.9 Å². The molecule has 2 aromatic heterocycles. The van der Waals surface area contributed by atoms with E-state index >= 15 is 0 Å². The molecule has 0 aliphatic carbocycles. The fourth-order valence-electron chi connectivity index (χ4n) is 7.33.